The van der Waals surface area contributed by atoms with Crippen molar-refractivity contribution in [2.24, 2.45) is 0 Å². The number of nitrogens with one attached hydrogen (secondary N) is 3. The Labute approximate surface area is 168 Å². The van der Waals surface area contributed by atoms with Gasteiger partial charge in [-0.1, -0.05) is 29.8 Å². The maximum Gasteiger partial charge on any atom is 0.323 e. The number of nitrogens with zero attached hydrogens (tertiary/aromatic N) is 1. The van der Waals surface area contributed by atoms with E-state index in [0.29, 0.717) is 25.2 Å². The minimum Gasteiger partial charge on any atom is -0.481 e. The molecule has 1 aliphatic heterocycles. The molecule has 1 heterocycles. The molecule has 0 saturated heterocycles. The summed E-state index contributed by atoms with van der Waals surface area (Å²) >= 11 is 0. The molecular formula is C21H24N4O4. The first-order valence-corrected chi connectivity index (χ1v) is 9.42. The van der Waals surface area contributed by atoms with Crippen LogP contribution in [0.4, 0.5) is 21.0 Å². The number of aliphatic carboxylic acids is 1. The standard InChI is InChI=1S/C21H24N4O4/c1-14-5-7-16(8-6-14)23-20(28)24-18-4-2-3-15-13-25(12-10-17(15)18)21(29)22-11-9-19(26)27/h2-8H,9-13H2,1H3,(H,22,29)(H,26,27)(H2,23,24,28). The number of carbonyl (C=O) groups is 3. The zero-order valence-electron chi connectivity index (χ0n) is 16.2. The van der Waals surface area contributed by atoms with E-state index in [2.05, 4.69) is 16.0 Å². The Balaban J connectivity index is 1.61. The van der Waals surface area contributed by atoms with E-state index in [4.69, 9.17) is 5.11 Å². The maximum absolute atomic E-state index is 12.4. The molecule has 0 spiro atoms. The molecular weight excluding hydrogens is 372 g/mol. The second-order valence-corrected chi connectivity index (χ2v) is 6.94. The lowest BCUT2D eigenvalue weighted by Gasteiger charge is -2.30. The van der Waals surface area contributed by atoms with Crippen LogP contribution in [0.2, 0.25) is 0 Å². The maximum atomic E-state index is 12.4. The molecule has 0 aliphatic carbocycles. The number of carboxylic acid groups (broad SMARTS) is 1. The summed E-state index contributed by atoms with van der Waals surface area (Å²) in [6.45, 7) is 2.97. The van der Waals surface area contributed by atoms with Crippen LogP contribution in [0, 0.1) is 6.92 Å². The van der Waals surface area contributed by atoms with Gasteiger partial charge in [0.1, 0.15) is 0 Å². The van der Waals surface area contributed by atoms with Gasteiger partial charge in [-0.15, -0.1) is 0 Å². The van der Waals surface area contributed by atoms with Gasteiger partial charge in [0.05, 0.1) is 6.42 Å². The molecule has 3 rings (SSSR count). The summed E-state index contributed by atoms with van der Waals surface area (Å²) in [7, 11) is 0. The van der Waals surface area contributed by atoms with Crippen LogP contribution in [0.25, 0.3) is 0 Å². The van der Waals surface area contributed by atoms with Gasteiger partial charge in [-0.2, -0.15) is 0 Å². The molecule has 0 bridgehead atoms. The fourth-order valence-electron chi connectivity index (χ4n) is 3.21. The van der Waals surface area contributed by atoms with Crippen LogP contribution in [0.5, 0.6) is 0 Å². The zero-order chi connectivity index (χ0) is 20.8. The number of rotatable bonds is 5. The minimum atomic E-state index is -0.950. The van der Waals surface area contributed by atoms with Gasteiger partial charge >= 0.3 is 18.0 Å². The fourth-order valence-corrected chi connectivity index (χ4v) is 3.21. The van der Waals surface area contributed by atoms with E-state index in [0.717, 1.165) is 22.4 Å². The van der Waals surface area contributed by atoms with Crippen LogP contribution in [0.3, 0.4) is 0 Å². The van der Waals surface area contributed by atoms with Gasteiger partial charge in [-0.05, 0) is 42.7 Å². The summed E-state index contributed by atoms with van der Waals surface area (Å²) < 4.78 is 0. The van der Waals surface area contributed by atoms with Gasteiger partial charge < -0.3 is 26.0 Å². The monoisotopic (exact) mass is 396 g/mol. The van der Waals surface area contributed by atoms with Crippen molar-refractivity contribution in [1.29, 1.82) is 0 Å². The Morgan fingerprint density at radius 2 is 1.83 bits per heavy atom. The van der Waals surface area contributed by atoms with E-state index < -0.39 is 5.97 Å². The highest BCUT2D eigenvalue weighted by Gasteiger charge is 2.23. The molecule has 0 unspecified atom stereocenters. The van der Waals surface area contributed by atoms with E-state index in [1.54, 1.807) is 4.90 Å². The van der Waals surface area contributed by atoms with Gasteiger partial charge in [0.25, 0.3) is 0 Å². The van der Waals surface area contributed by atoms with E-state index in [9.17, 15) is 14.4 Å². The first-order chi connectivity index (χ1) is 13.9. The zero-order valence-corrected chi connectivity index (χ0v) is 16.2. The first-order valence-electron chi connectivity index (χ1n) is 9.42. The Kier molecular flexibility index (Phi) is 6.33. The highest BCUT2D eigenvalue weighted by molar-refractivity contribution is 6.00. The molecule has 0 atom stereocenters. The van der Waals surface area contributed by atoms with E-state index in [1.807, 2.05) is 49.4 Å². The summed E-state index contributed by atoms with van der Waals surface area (Å²) in [6, 6.07) is 12.5. The lowest BCUT2D eigenvalue weighted by molar-refractivity contribution is -0.136. The van der Waals surface area contributed by atoms with E-state index in [1.165, 1.54) is 0 Å². The molecule has 8 heteroatoms. The predicted molar refractivity (Wildman–Crippen MR) is 110 cm³/mol. The van der Waals surface area contributed by atoms with E-state index in [-0.39, 0.29) is 25.0 Å². The van der Waals surface area contributed by atoms with Crippen LogP contribution < -0.4 is 16.0 Å². The summed E-state index contributed by atoms with van der Waals surface area (Å²) in [5.41, 5.74) is 4.50. The van der Waals surface area contributed by atoms with Crippen LogP contribution in [0.15, 0.2) is 42.5 Å². The molecule has 8 nitrogen and oxygen atoms in total. The first kappa shape index (κ1) is 20.2. The Morgan fingerprint density at radius 3 is 2.55 bits per heavy atom. The van der Waals surface area contributed by atoms with Gasteiger partial charge in [-0.25, -0.2) is 9.59 Å². The average molecular weight is 396 g/mol. The minimum absolute atomic E-state index is 0.0955. The highest BCUT2D eigenvalue weighted by Crippen LogP contribution is 2.26. The van der Waals surface area contributed by atoms with Crippen molar-refractivity contribution in [3.05, 3.63) is 59.2 Å². The summed E-state index contributed by atoms with van der Waals surface area (Å²) in [5, 5.41) is 17.0. The SMILES string of the molecule is Cc1ccc(NC(=O)Nc2cccc3c2CCN(C(=O)NCCC(=O)O)C3)cc1. The number of aryl methyl sites for hydroxylation is 1. The Bertz CT molecular complexity index is 911. The number of hydrogen-bond acceptors (Lipinski definition) is 3. The quantitative estimate of drug-likeness (QED) is 0.622. The topological polar surface area (TPSA) is 111 Å². The molecule has 152 valence electrons. The van der Waals surface area contributed by atoms with Crippen LogP contribution >= 0.6 is 0 Å². The summed E-state index contributed by atoms with van der Waals surface area (Å²) in [6.07, 6.45) is 0.489. The lowest BCUT2D eigenvalue weighted by Crippen LogP contribution is -2.43. The number of carbonyl (C=O) groups excluding carboxylic acids is 2. The molecule has 4 N–H and O–H groups in total. The largest absolute Gasteiger partial charge is 0.481 e. The van der Waals surface area contributed by atoms with Gasteiger partial charge in [0.2, 0.25) is 0 Å². The van der Waals surface area contributed by atoms with Crippen molar-refractivity contribution in [2.75, 3.05) is 23.7 Å². The second kappa shape index (κ2) is 9.09. The molecule has 2 aromatic rings. The smallest absolute Gasteiger partial charge is 0.323 e. The Morgan fingerprint density at radius 1 is 1.07 bits per heavy atom. The van der Waals surface area contributed by atoms with Crippen molar-refractivity contribution in [1.82, 2.24) is 10.2 Å². The molecule has 2 aromatic carbocycles. The highest BCUT2D eigenvalue weighted by atomic mass is 16.4. The van der Waals surface area contributed by atoms with Crippen molar-refractivity contribution in [2.45, 2.75) is 26.3 Å². The third-order valence-corrected chi connectivity index (χ3v) is 4.73. The van der Waals surface area contributed by atoms with Gasteiger partial charge in [-0.3, -0.25) is 4.79 Å². The Hall–Kier alpha value is -3.55. The molecule has 0 saturated carbocycles. The number of urea groups is 2. The molecule has 0 aromatic heterocycles. The van der Waals surface area contributed by atoms with Crippen LogP contribution in [0.1, 0.15) is 23.1 Å². The molecule has 29 heavy (non-hydrogen) atoms. The normalized spacial score (nSPS) is 12.7. The summed E-state index contributed by atoms with van der Waals surface area (Å²) in [5.74, 6) is -0.950. The number of benzene rings is 2. The number of hydrogen-bond donors (Lipinski definition) is 4. The number of anilines is 2. The summed E-state index contributed by atoms with van der Waals surface area (Å²) in [4.78, 5) is 36.8. The van der Waals surface area contributed by atoms with Crippen molar-refractivity contribution >= 4 is 29.4 Å². The molecule has 4 amide bonds. The van der Waals surface area contributed by atoms with Crippen molar-refractivity contribution < 1.29 is 19.5 Å². The molecule has 0 fully saturated rings. The van der Waals surface area contributed by atoms with E-state index >= 15 is 0 Å². The second-order valence-electron chi connectivity index (χ2n) is 6.94. The van der Waals surface area contributed by atoms with Gasteiger partial charge in [0.15, 0.2) is 0 Å². The fraction of sp³-hybridized carbons (Fsp3) is 0.286. The third kappa shape index (κ3) is 5.47. The molecule has 1 aliphatic rings. The number of fused-ring (bicyclic) bond motifs is 1. The van der Waals surface area contributed by atoms with Crippen molar-refractivity contribution in [3.8, 4) is 0 Å². The van der Waals surface area contributed by atoms with Crippen LogP contribution in [-0.4, -0.2) is 41.1 Å². The molecule has 0 radical (unpaired) electrons. The third-order valence-electron chi connectivity index (χ3n) is 4.73. The van der Waals surface area contributed by atoms with Gasteiger partial charge in [0, 0.05) is 31.0 Å². The number of carboxylic acids is 1. The number of amides is 4. The lowest BCUT2D eigenvalue weighted by atomic mass is 9.98. The average Bonchev–Trinajstić information content (AvgIpc) is 2.69. The predicted octanol–water partition coefficient (Wildman–Crippen LogP) is 3.18. The van der Waals surface area contributed by atoms with Crippen molar-refractivity contribution in [3.63, 3.8) is 0 Å². The van der Waals surface area contributed by atoms with Crippen LogP contribution in [-0.2, 0) is 17.8 Å².